The topological polar surface area (TPSA) is 60.4 Å². The fourth-order valence-corrected chi connectivity index (χ4v) is 4.07. The minimum atomic E-state index is -0.624. The number of hydrogen-bond acceptors (Lipinski definition) is 7. The molecule has 0 fully saturated rings. The van der Waals surface area contributed by atoms with Crippen molar-refractivity contribution in [2.45, 2.75) is 19.2 Å². The van der Waals surface area contributed by atoms with Gasteiger partial charge >= 0.3 is 0 Å². The predicted octanol–water partition coefficient (Wildman–Crippen LogP) is 3.93. The first-order valence-electron chi connectivity index (χ1n) is 9.78. The molecular weight excluding hydrogens is 402 g/mol. The van der Waals surface area contributed by atoms with Gasteiger partial charge in [0, 0.05) is 24.5 Å². The van der Waals surface area contributed by atoms with Crippen molar-refractivity contribution in [3.8, 4) is 23.0 Å². The minimum absolute atomic E-state index is 0.217. The number of aliphatic hydroxyl groups is 1. The fourth-order valence-electron chi connectivity index (χ4n) is 3.32. The Bertz CT molecular complexity index is 929. The van der Waals surface area contributed by atoms with Crippen LogP contribution in [0.25, 0.3) is 0 Å². The minimum Gasteiger partial charge on any atom is -0.497 e. The Morgan fingerprint density at radius 2 is 1.83 bits per heavy atom. The van der Waals surface area contributed by atoms with Gasteiger partial charge in [-0.15, -0.1) is 11.3 Å². The maximum Gasteiger partial charge on any atom is 0.231 e. The summed E-state index contributed by atoms with van der Waals surface area (Å²) in [5.74, 6) is 3.02. The first-order valence-corrected chi connectivity index (χ1v) is 10.7. The molecule has 30 heavy (non-hydrogen) atoms. The monoisotopic (exact) mass is 427 g/mol. The van der Waals surface area contributed by atoms with E-state index in [0.717, 1.165) is 29.4 Å². The Balaban J connectivity index is 1.37. The van der Waals surface area contributed by atoms with E-state index in [1.165, 1.54) is 4.88 Å². The van der Waals surface area contributed by atoms with Crippen LogP contribution in [-0.4, -0.2) is 43.2 Å². The maximum absolute atomic E-state index is 10.6. The molecule has 2 heterocycles. The van der Waals surface area contributed by atoms with Gasteiger partial charge in [-0.25, -0.2) is 0 Å². The van der Waals surface area contributed by atoms with Crippen molar-refractivity contribution in [3.05, 3.63) is 70.4 Å². The van der Waals surface area contributed by atoms with Gasteiger partial charge < -0.3 is 24.1 Å². The lowest BCUT2D eigenvalue weighted by molar-refractivity contribution is 0.0632. The first-order chi connectivity index (χ1) is 14.7. The number of ether oxygens (including phenoxy) is 4. The molecule has 1 unspecified atom stereocenters. The van der Waals surface area contributed by atoms with Crippen molar-refractivity contribution in [3.63, 3.8) is 0 Å². The van der Waals surface area contributed by atoms with E-state index >= 15 is 0 Å². The van der Waals surface area contributed by atoms with E-state index in [1.54, 1.807) is 18.4 Å². The highest BCUT2D eigenvalue weighted by Gasteiger charge is 2.17. The van der Waals surface area contributed by atoms with Gasteiger partial charge in [-0.2, -0.15) is 0 Å². The molecule has 1 aliphatic heterocycles. The lowest BCUT2D eigenvalue weighted by Crippen LogP contribution is -2.34. The van der Waals surface area contributed by atoms with Crippen LogP contribution in [0.3, 0.4) is 0 Å². The normalized spacial score (nSPS) is 13.4. The standard InChI is InChI=1S/C23H25NO5S/c1-26-19-5-7-20(8-6-19)27-15-18(25)13-24(14-21-3-2-10-30-21)12-17-4-9-22-23(11-17)29-16-28-22/h2-11,18,25H,12-16H2,1H3. The highest BCUT2D eigenvalue weighted by atomic mass is 32.1. The van der Waals surface area contributed by atoms with Crippen LogP contribution in [0.1, 0.15) is 10.4 Å². The number of thiophene rings is 1. The molecular formula is C23H25NO5S. The largest absolute Gasteiger partial charge is 0.497 e. The van der Waals surface area contributed by atoms with E-state index in [-0.39, 0.29) is 13.4 Å². The molecule has 0 spiro atoms. The Hall–Kier alpha value is -2.74. The van der Waals surface area contributed by atoms with Gasteiger partial charge in [-0.05, 0) is 53.4 Å². The number of benzene rings is 2. The van der Waals surface area contributed by atoms with Crippen LogP contribution in [0.15, 0.2) is 60.0 Å². The van der Waals surface area contributed by atoms with Crippen molar-refractivity contribution in [1.29, 1.82) is 0 Å². The Morgan fingerprint density at radius 1 is 1.03 bits per heavy atom. The molecule has 0 radical (unpaired) electrons. The highest BCUT2D eigenvalue weighted by Crippen LogP contribution is 2.33. The number of fused-ring (bicyclic) bond motifs is 1. The third-order valence-electron chi connectivity index (χ3n) is 4.77. The smallest absolute Gasteiger partial charge is 0.231 e. The van der Waals surface area contributed by atoms with Crippen LogP contribution in [0.5, 0.6) is 23.0 Å². The van der Waals surface area contributed by atoms with E-state index in [4.69, 9.17) is 18.9 Å². The third-order valence-corrected chi connectivity index (χ3v) is 5.63. The van der Waals surface area contributed by atoms with Crippen LogP contribution >= 0.6 is 11.3 Å². The zero-order valence-electron chi connectivity index (χ0n) is 16.8. The van der Waals surface area contributed by atoms with Crippen LogP contribution in [0.4, 0.5) is 0 Å². The van der Waals surface area contributed by atoms with Crippen molar-refractivity contribution in [1.82, 2.24) is 4.90 Å². The maximum atomic E-state index is 10.6. The SMILES string of the molecule is COc1ccc(OCC(O)CN(Cc2ccc3c(c2)OCO3)Cc2cccs2)cc1. The summed E-state index contributed by atoms with van der Waals surface area (Å²) in [6.07, 6.45) is -0.624. The average molecular weight is 428 g/mol. The number of hydrogen-bond donors (Lipinski definition) is 1. The summed E-state index contributed by atoms with van der Waals surface area (Å²) in [4.78, 5) is 3.46. The summed E-state index contributed by atoms with van der Waals surface area (Å²) >= 11 is 1.71. The van der Waals surface area contributed by atoms with E-state index in [2.05, 4.69) is 16.3 Å². The van der Waals surface area contributed by atoms with E-state index in [0.29, 0.717) is 18.8 Å². The summed E-state index contributed by atoms with van der Waals surface area (Å²) in [6, 6.07) is 17.5. The molecule has 0 saturated heterocycles. The molecule has 3 aromatic rings. The molecule has 1 N–H and O–H groups in total. The highest BCUT2D eigenvalue weighted by molar-refractivity contribution is 7.09. The van der Waals surface area contributed by atoms with Gasteiger partial charge in [0.05, 0.1) is 7.11 Å². The molecule has 0 bridgehead atoms. The molecule has 158 valence electrons. The van der Waals surface area contributed by atoms with E-state index in [9.17, 15) is 5.11 Å². The average Bonchev–Trinajstić information content (AvgIpc) is 3.44. The van der Waals surface area contributed by atoms with Gasteiger partial charge in [0.1, 0.15) is 24.2 Å². The molecule has 2 aromatic carbocycles. The van der Waals surface area contributed by atoms with Crippen molar-refractivity contribution >= 4 is 11.3 Å². The van der Waals surface area contributed by atoms with Crippen LogP contribution in [-0.2, 0) is 13.1 Å². The number of nitrogens with zero attached hydrogens (tertiary/aromatic N) is 1. The lowest BCUT2D eigenvalue weighted by atomic mass is 10.1. The van der Waals surface area contributed by atoms with Gasteiger partial charge in [0.25, 0.3) is 0 Å². The summed E-state index contributed by atoms with van der Waals surface area (Å²) in [5, 5.41) is 12.7. The lowest BCUT2D eigenvalue weighted by Gasteiger charge is -2.25. The Labute approximate surface area is 180 Å². The van der Waals surface area contributed by atoms with E-state index < -0.39 is 6.10 Å². The Morgan fingerprint density at radius 3 is 2.60 bits per heavy atom. The molecule has 0 saturated carbocycles. The molecule has 6 nitrogen and oxygen atoms in total. The van der Waals surface area contributed by atoms with Crippen LogP contribution in [0.2, 0.25) is 0 Å². The zero-order valence-corrected chi connectivity index (χ0v) is 17.6. The van der Waals surface area contributed by atoms with Gasteiger partial charge in [0.15, 0.2) is 11.5 Å². The summed E-state index contributed by atoms with van der Waals surface area (Å²) < 4.78 is 21.8. The molecule has 1 aromatic heterocycles. The Kier molecular flexibility index (Phi) is 6.74. The second-order valence-electron chi connectivity index (χ2n) is 7.08. The number of rotatable bonds is 10. The van der Waals surface area contributed by atoms with Crippen molar-refractivity contribution in [2.75, 3.05) is 27.1 Å². The molecule has 1 aliphatic rings. The molecule has 4 rings (SSSR count). The molecule has 0 aliphatic carbocycles. The van der Waals surface area contributed by atoms with Gasteiger partial charge in [-0.1, -0.05) is 12.1 Å². The fraction of sp³-hybridized carbons (Fsp3) is 0.304. The van der Waals surface area contributed by atoms with Crippen molar-refractivity contribution < 1.29 is 24.1 Å². The van der Waals surface area contributed by atoms with Crippen LogP contribution < -0.4 is 18.9 Å². The molecule has 1 atom stereocenters. The third kappa shape index (κ3) is 5.44. The summed E-state index contributed by atoms with van der Waals surface area (Å²) in [7, 11) is 1.63. The second-order valence-corrected chi connectivity index (χ2v) is 8.11. The number of aliphatic hydroxyl groups excluding tert-OH is 1. The van der Waals surface area contributed by atoms with Crippen LogP contribution in [0, 0.1) is 0 Å². The van der Waals surface area contributed by atoms with Gasteiger partial charge in [-0.3, -0.25) is 4.90 Å². The van der Waals surface area contributed by atoms with Gasteiger partial charge in [0.2, 0.25) is 6.79 Å². The zero-order chi connectivity index (χ0) is 20.8. The quantitative estimate of drug-likeness (QED) is 0.529. The first kappa shape index (κ1) is 20.5. The molecule has 0 amide bonds. The van der Waals surface area contributed by atoms with Crippen molar-refractivity contribution in [2.24, 2.45) is 0 Å². The number of methoxy groups -OCH3 is 1. The molecule has 7 heteroatoms. The summed E-state index contributed by atoms with van der Waals surface area (Å²) in [5.41, 5.74) is 1.11. The van der Waals surface area contributed by atoms with E-state index in [1.807, 2.05) is 48.5 Å². The second kappa shape index (κ2) is 9.84. The predicted molar refractivity (Wildman–Crippen MR) is 115 cm³/mol. The summed E-state index contributed by atoms with van der Waals surface area (Å²) in [6.45, 7) is 2.41.